The van der Waals surface area contributed by atoms with Crippen molar-refractivity contribution in [3.63, 3.8) is 0 Å². The number of aliphatic hydroxyl groups is 1. The monoisotopic (exact) mass is 281 g/mol. The molecule has 1 aromatic rings. The molecular weight excluding hydrogens is 258 g/mol. The van der Waals surface area contributed by atoms with E-state index in [0.717, 1.165) is 16.9 Å². The van der Waals surface area contributed by atoms with E-state index in [4.69, 9.17) is 5.11 Å². The molecule has 106 valence electrons. The van der Waals surface area contributed by atoms with Crippen LogP contribution in [0.4, 0.5) is 0 Å². The second kappa shape index (κ2) is 6.96. The van der Waals surface area contributed by atoms with Crippen molar-refractivity contribution in [3.05, 3.63) is 29.3 Å². The van der Waals surface area contributed by atoms with Gasteiger partial charge in [-0.15, -0.1) is 11.8 Å². The third-order valence-corrected chi connectivity index (χ3v) is 4.27. The average Bonchev–Trinajstić information content (AvgIpc) is 2.39. The van der Waals surface area contributed by atoms with Gasteiger partial charge in [0.2, 0.25) is 0 Å². The maximum atomic E-state index is 12.4. The molecule has 1 unspecified atom stereocenters. The van der Waals surface area contributed by atoms with Crippen LogP contribution in [0.25, 0.3) is 0 Å². The molecule has 0 aliphatic carbocycles. The van der Waals surface area contributed by atoms with E-state index < -0.39 is 0 Å². The first-order valence-electron chi connectivity index (χ1n) is 6.53. The summed E-state index contributed by atoms with van der Waals surface area (Å²) in [5, 5.41) is 12.1. The van der Waals surface area contributed by atoms with E-state index in [1.807, 2.05) is 45.2 Å². The minimum atomic E-state index is -0.354. The summed E-state index contributed by atoms with van der Waals surface area (Å²) in [7, 11) is 0. The van der Waals surface area contributed by atoms with Crippen LogP contribution in [0.1, 0.15) is 42.6 Å². The molecule has 0 radical (unpaired) electrons. The van der Waals surface area contributed by atoms with Gasteiger partial charge < -0.3 is 10.4 Å². The van der Waals surface area contributed by atoms with Crippen molar-refractivity contribution < 1.29 is 9.90 Å². The number of benzene rings is 1. The molecular formula is C15H23NO2S. The summed E-state index contributed by atoms with van der Waals surface area (Å²) in [6.07, 6.45) is 3.35. The normalized spacial score (nSPS) is 13.9. The van der Waals surface area contributed by atoms with Crippen molar-refractivity contribution in [2.75, 3.05) is 12.9 Å². The van der Waals surface area contributed by atoms with Crippen LogP contribution in [0.15, 0.2) is 23.1 Å². The highest BCUT2D eigenvalue weighted by Gasteiger charge is 2.24. The van der Waals surface area contributed by atoms with Gasteiger partial charge in [-0.1, -0.05) is 13.0 Å². The molecule has 0 aliphatic heterocycles. The van der Waals surface area contributed by atoms with Gasteiger partial charge in [0.25, 0.3) is 5.91 Å². The summed E-state index contributed by atoms with van der Waals surface area (Å²) in [6.45, 7) is 6.00. The van der Waals surface area contributed by atoms with Crippen molar-refractivity contribution >= 4 is 17.7 Å². The van der Waals surface area contributed by atoms with Gasteiger partial charge >= 0.3 is 0 Å². The van der Waals surface area contributed by atoms with Gasteiger partial charge in [-0.2, -0.15) is 0 Å². The summed E-state index contributed by atoms with van der Waals surface area (Å²) in [5.41, 5.74) is 1.33. The van der Waals surface area contributed by atoms with Crippen LogP contribution >= 0.6 is 11.8 Å². The summed E-state index contributed by atoms with van der Waals surface area (Å²) in [4.78, 5) is 13.5. The molecule has 3 nitrogen and oxygen atoms in total. The van der Waals surface area contributed by atoms with Gasteiger partial charge in [-0.3, -0.25) is 4.79 Å². The summed E-state index contributed by atoms with van der Waals surface area (Å²) in [6, 6.07) is 5.91. The zero-order chi connectivity index (χ0) is 14.5. The summed E-state index contributed by atoms with van der Waals surface area (Å²) < 4.78 is 0. The third-order valence-electron chi connectivity index (χ3n) is 3.55. The molecule has 1 atom stereocenters. The summed E-state index contributed by atoms with van der Waals surface area (Å²) >= 11 is 1.62. The molecule has 0 heterocycles. The van der Waals surface area contributed by atoms with Crippen LogP contribution in [0.2, 0.25) is 0 Å². The van der Waals surface area contributed by atoms with Crippen LogP contribution in [-0.2, 0) is 0 Å². The van der Waals surface area contributed by atoms with Crippen molar-refractivity contribution in [3.8, 4) is 0 Å². The standard InChI is InChI=1S/C15H23NO2S/c1-5-15(3,8-9-17)16-14(18)13-10-12(19-4)7-6-11(13)2/h6-7,10,17H,5,8-9H2,1-4H3,(H,16,18). The average molecular weight is 281 g/mol. The van der Waals surface area contributed by atoms with Crippen LogP contribution in [0, 0.1) is 6.92 Å². The first-order chi connectivity index (χ1) is 8.95. The number of hydrogen-bond acceptors (Lipinski definition) is 3. The van der Waals surface area contributed by atoms with E-state index in [0.29, 0.717) is 12.0 Å². The number of aliphatic hydroxyl groups excluding tert-OH is 1. The quantitative estimate of drug-likeness (QED) is 0.788. The van der Waals surface area contributed by atoms with Gasteiger partial charge in [-0.05, 0) is 50.6 Å². The minimum Gasteiger partial charge on any atom is -0.396 e. The minimum absolute atomic E-state index is 0.0637. The van der Waals surface area contributed by atoms with Gasteiger partial charge in [0.05, 0.1) is 0 Å². The van der Waals surface area contributed by atoms with E-state index >= 15 is 0 Å². The van der Waals surface area contributed by atoms with Gasteiger partial charge in [0.1, 0.15) is 0 Å². The van der Waals surface area contributed by atoms with Gasteiger partial charge in [0.15, 0.2) is 0 Å². The first-order valence-corrected chi connectivity index (χ1v) is 7.76. The largest absolute Gasteiger partial charge is 0.396 e. The van der Waals surface area contributed by atoms with Crippen LogP contribution in [0.5, 0.6) is 0 Å². The lowest BCUT2D eigenvalue weighted by Crippen LogP contribution is -2.46. The fourth-order valence-corrected chi connectivity index (χ4v) is 2.33. The molecule has 0 saturated heterocycles. The molecule has 0 spiro atoms. The molecule has 1 aromatic carbocycles. The zero-order valence-corrected chi connectivity index (χ0v) is 12.9. The number of amides is 1. The van der Waals surface area contributed by atoms with Crippen LogP contribution in [0.3, 0.4) is 0 Å². The Morgan fingerprint density at radius 3 is 2.68 bits per heavy atom. The maximum absolute atomic E-state index is 12.4. The fraction of sp³-hybridized carbons (Fsp3) is 0.533. The number of hydrogen-bond donors (Lipinski definition) is 2. The molecule has 2 N–H and O–H groups in total. The molecule has 19 heavy (non-hydrogen) atoms. The lowest BCUT2D eigenvalue weighted by atomic mass is 9.94. The lowest BCUT2D eigenvalue weighted by molar-refractivity contribution is 0.0885. The first kappa shape index (κ1) is 16.1. The van der Waals surface area contributed by atoms with E-state index in [2.05, 4.69) is 5.32 Å². The highest BCUT2D eigenvalue weighted by molar-refractivity contribution is 7.98. The highest BCUT2D eigenvalue weighted by Crippen LogP contribution is 2.21. The molecule has 4 heteroatoms. The van der Waals surface area contributed by atoms with Crippen molar-refractivity contribution in [1.29, 1.82) is 0 Å². The Kier molecular flexibility index (Phi) is 5.88. The Hall–Kier alpha value is -1.00. The van der Waals surface area contributed by atoms with Crippen LogP contribution in [-0.4, -0.2) is 29.4 Å². The number of thioether (sulfide) groups is 1. The second-order valence-electron chi connectivity index (χ2n) is 5.02. The highest BCUT2D eigenvalue weighted by atomic mass is 32.2. The van der Waals surface area contributed by atoms with Gasteiger partial charge in [0, 0.05) is 22.6 Å². The van der Waals surface area contributed by atoms with Gasteiger partial charge in [-0.25, -0.2) is 0 Å². The predicted molar refractivity (Wildman–Crippen MR) is 80.8 cm³/mol. The molecule has 1 rings (SSSR count). The smallest absolute Gasteiger partial charge is 0.252 e. The zero-order valence-electron chi connectivity index (χ0n) is 12.1. The Morgan fingerprint density at radius 2 is 2.16 bits per heavy atom. The number of carbonyl (C=O) groups is 1. The number of carbonyl (C=O) groups excluding carboxylic acids is 1. The van der Waals surface area contributed by atoms with E-state index in [1.54, 1.807) is 11.8 Å². The third kappa shape index (κ3) is 4.25. The maximum Gasteiger partial charge on any atom is 0.252 e. The van der Waals surface area contributed by atoms with Crippen molar-refractivity contribution in [2.24, 2.45) is 0 Å². The molecule has 0 bridgehead atoms. The SMILES string of the molecule is CCC(C)(CCO)NC(=O)c1cc(SC)ccc1C. The lowest BCUT2D eigenvalue weighted by Gasteiger charge is -2.29. The van der Waals surface area contributed by atoms with E-state index in [-0.39, 0.29) is 18.1 Å². The topological polar surface area (TPSA) is 49.3 Å². The number of aryl methyl sites for hydroxylation is 1. The van der Waals surface area contributed by atoms with Crippen molar-refractivity contribution in [2.45, 2.75) is 44.0 Å². The summed E-state index contributed by atoms with van der Waals surface area (Å²) in [5.74, 6) is -0.0637. The Labute approximate surface area is 119 Å². The Balaban J connectivity index is 2.94. The number of rotatable bonds is 6. The molecule has 0 saturated carbocycles. The fourth-order valence-electron chi connectivity index (χ4n) is 1.89. The molecule has 0 aromatic heterocycles. The van der Waals surface area contributed by atoms with E-state index in [1.165, 1.54) is 0 Å². The molecule has 1 amide bonds. The molecule has 0 aliphatic rings. The van der Waals surface area contributed by atoms with Crippen LogP contribution < -0.4 is 5.32 Å². The second-order valence-corrected chi connectivity index (χ2v) is 5.90. The Morgan fingerprint density at radius 1 is 1.47 bits per heavy atom. The van der Waals surface area contributed by atoms with Crippen molar-refractivity contribution in [1.82, 2.24) is 5.32 Å². The number of nitrogens with one attached hydrogen (secondary N) is 1. The van der Waals surface area contributed by atoms with E-state index in [9.17, 15) is 4.79 Å². The molecule has 0 fully saturated rings. The Bertz CT molecular complexity index is 448. The predicted octanol–water partition coefficient (Wildman–Crippen LogP) is 3.00.